The second kappa shape index (κ2) is 6.06. The molecule has 1 amide bonds. The van der Waals surface area contributed by atoms with Gasteiger partial charge in [-0.2, -0.15) is 0 Å². The van der Waals surface area contributed by atoms with Crippen molar-refractivity contribution in [3.8, 4) is 5.75 Å². The molecule has 3 heteroatoms. The molecule has 15 heavy (non-hydrogen) atoms. The predicted octanol–water partition coefficient (Wildman–Crippen LogP) is 1.98. The van der Waals surface area contributed by atoms with Crippen molar-refractivity contribution in [2.24, 2.45) is 0 Å². The fourth-order valence-electron chi connectivity index (χ4n) is 1.08. The van der Waals surface area contributed by atoms with Gasteiger partial charge in [-0.1, -0.05) is 25.1 Å². The highest BCUT2D eigenvalue weighted by Gasteiger charge is 2.05. The number of ether oxygens (including phenoxy) is 1. The molecule has 0 radical (unpaired) electrons. The van der Waals surface area contributed by atoms with Crippen LogP contribution in [-0.4, -0.2) is 18.6 Å². The lowest BCUT2D eigenvalue weighted by atomic mass is 10.2. The minimum absolute atomic E-state index is 0.0757. The molecule has 0 heterocycles. The first-order chi connectivity index (χ1) is 7.22. The monoisotopic (exact) mass is 207 g/mol. The van der Waals surface area contributed by atoms with Crippen molar-refractivity contribution < 1.29 is 9.53 Å². The van der Waals surface area contributed by atoms with Crippen molar-refractivity contribution in [2.75, 3.05) is 6.61 Å². The minimum atomic E-state index is -0.0757. The van der Waals surface area contributed by atoms with E-state index in [4.69, 9.17) is 4.74 Å². The molecule has 0 bridgehead atoms. The number of para-hydroxylation sites is 1. The van der Waals surface area contributed by atoms with Gasteiger partial charge in [0.25, 0.3) is 5.91 Å². The summed E-state index contributed by atoms with van der Waals surface area (Å²) >= 11 is 0. The van der Waals surface area contributed by atoms with Gasteiger partial charge in [0.05, 0.1) is 0 Å². The molecule has 0 aliphatic rings. The van der Waals surface area contributed by atoms with Gasteiger partial charge in [-0.15, -0.1) is 0 Å². The van der Waals surface area contributed by atoms with Crippen molar-refractivity contribution >= 4 is 5.91 Å². The Morgan fingerprint density at radius 3 is 2.67 bits per heavy atom. The second-order valence-electron chi connectivity index (χ2n) is 3.48. The molecule has 0 aliphatic carbocycles. The lowest BCUT2D eigenvalue weighted by molar-refractivity contribution is -0.123. The highest BCUT2D eigenvalue weighted by Crippen LogP contribution is 2.07. The summed E-state index contributed by atoms with van der Waals surface area (Å²) in [6.45, 7) is 4.08. The summed E-state index contributed by atoms with van der Waals surface area (Å²) in [6, 6.07) is 9.53. The fraction of sp³-hybridized carbons (Fsp3) is 0.417. The smallest absolute Gasteiger partial charge is 0.258 e. The van der Waals surface area contributed by atoms with Gasteiger partial charge in [0.2, 0.25) is 0 Å². The Morgan fingerprint density at radius 1 is 1.40 bits per heavy atom. The number of nitrogens with one attached hydrogen (secondary N) is 1. The Bertz CT molecular complexity index is 298. The summed E-state index contributed by atoms with van der Waals surface area (Å²) in [6.07, 6.45) is 0.928. The van der Waals surface area contributed by atoms with Crippen LogP contribution in [0.3, 0.4) is 0 Å². The quantitative estimate of drug-likeness (QED) is 0.801. The van der Waals surface area contributed by atoms with Gasteiger partial charge >= 0.3 is 0 Å². The first-order valence-corrected chi connectivity index (χ1v) is 5.19. The maximum absolute atomic E-state index is 11.3. The van der Waals surface area contributed by atoms with Crippen molar-refractivity contribution in [1.82, 2.24) is 5.32 Å². The van der Waals surface area contributed by atoms with Crippen molar-refractivity contribution in [3.05, 3.63) is 30.3 Å². The third kappa shape index (κ3) is 4.49. The molecule has 1 N–H and O–H groups in total. The molecular weight excluding hydrogens is 190 g/mol. The Labute approximate surface area is 90.4 Å². The van der Waals surface area contributed by atoms with Crippen molar-refractivity contribution in [1.29, 1.82) is 0 Å². The molecule has 0 saturated heterocycles. The van der Waals surface area contributed by atoms with Crippen molar-refractivity contribution in [3.63, 3.8) is 0 Å². The molecular formula is C12H17NO2. The molecule has 1 rings (SSSR count). The number of benzene rings is 1. The largest absolute Gasteiger partial charge is 0.484 e. The van der Waals surface area contributed by atoms with Crippen LogP contribution in [0, 0.1) is 0 Å². The molecule has 1 aromatic carbocycles. The molecule has 0 saturated carbocycles. The van der Waals surface area contributed by atoms with E-state index < -0.39 is 0 Å². The maximum Gasteiger partial charge on any atom is 0.258 e. The predicted molar refractivity (Wildman–Crippen MR) is 59.8 cm³/mol. The first kappa shape index (κ1) is 11.6. The van der Waals surface area contributed by atoms with E-state index in [0.29, 0.717) is 0 Å². The van der Waals surface area contributed by atoms with Crippen LogP contribution in [0.4, 0.5) is 0 Å². The van der Waals surface area contributed by atoms with Crippen LogP contribution in [0.5, 0.6) is 5.75 Å². The third-order valence-electron chi connectivity index (χ3n) is 2.13. The molecule has 1 atom stereocenters. The Hall–Kier alpha value is -1.51. The van der Waals surface area contributed by atoms with Crippen LogP contribution < -0.4 is 10.1 Å². The summed E-state index contributed by atoms with van der Waals surface area (Å²) in [7, 11) is 0. The zero-order valence-electron chi connectivity index (χ0n) is 9.19. The third-order valence-corrected chi connectivity index (χ3v) is 2.13. The lowest BCUT2D eigenvalue weighted by Crippen LogP contribution is -2.35. The average molecular weight is 207 g/mol. The Kier molecular flexibility index (Phi) is 4.68. The first-order valence-electron chi connectivity index (χ1n) is 5.19. The molecule has 82 valence electrons. The number of hydrogen-bond donors (Lipinski definition) is 1. The number of rotatable bonds is 5. The fourth-order valence-corrected chi connectivity index (χ4v) is 1.08. The van der Waals surface area contributed by atoms with E-state index in [0.717, 1.165) is 12.2 Å². The zero-order valence-corrected chi connectivity index (χ0v) is 9.19. The molecule has 0 unspecified atom stereocenters. The van der Waals surface area contributed by atoms with Gasteiger partial charge in [-0.3, -0.25) is 4.79 Å². The summed E-state index contributed by atoms with van der Waals surface area (Å²) in [5.41, 5.74) is 0. The molecule has 0 fully saturated rings. The summed E-state index contributed by atoms with van der Waals surface area (Å²) in [5, 5.41) is 2.84. The van der Waals surface area contributed by atoms with Crippen LogP contribution in [0.2, 0.25) is 0 Å². The Morgan fingerprint density at radius 2 is 2.07 bits per heavy atom. The van der Waals surface area contributed by atoms with Crippen LogP contribution in [0.1, 0.15) is 20.3 Å². The number of amides is 1. The van der Waals surface area contributed by atoms with Gasteiger partial charge in [0.15, 0.2) is 6.61 Å². The van der Waals surface area contributed by atoms with Gasteiger partial charge in [-0.05, 0) is 25.5 Å². The lowest BCUT2D eigenvalue weighted by Gasteiger charge is -2.11. The number of hydrogen-bond acceptors (Lipinski definition) is 2. The second-order valence-corrected chi connectivity index (χ2v) is 3.48. The summed E-state index contributed by atoms with van der Waals surface area (Å²) in [4.78, 5) is 11.3. The highest BCUT2D eigenvalue weighted by atomic mass is 16.5. The minimum Gasteiger partial charge on any atom is -0.484 e. The van der Waals surface area contributed by atoms with Crippen LogP contribution in [-0.2, 0) is 4.79 Å². The summed E-state index contributed by atoms with van der Waals surface area (Å²) < 4.78 is 5.30. The molecule has 0 aliphatic heterocycles. The maximum atomic E-state index is 11.3. The van der Waals surface area contributed by atoms with Crippen LogP contribution in [0.25, 0.3) is 0 Å². The van der Waals surface area contributed by atoms with Gasteiger partial charge in [0, 0.05) is 6.04 Å². The van der Waals surface area contributed by atoms with E-state index in [9.17, 15) is 4.79 Å². The number of carbonyl (C=O) groups is 1. The highest BCUT2D eigenvalue weighted by molar-refractivity contribution is 5.77. The van der Waals surface area contributed by atoms with Crippen LogP contribution >= 0.6 is 0 Å². The SMILES string of the molecule is CC[C@H](C)NC(=O)COc1ccccc1. The van der Waals surface area contributed by atoms with E-state index in [1.54, 1.807) is 0 Å². The van der Waals surface area contributed by atoms with E-state index >= 15 is 0 Å². The standard InChI is InChI=1S/C12H17NO2/c1-3-10(2)13-12(14)9-15-11-7-5-4-6-8-11/h4-8,10H,3,9H2,1-2H3,(H,13,14)/t10-/m0/s1. The average Bonchev–Trinajstić information content (AvgIpc) is 2.27. The van der Waals surface area contributed by atoms with Crippen LogP contribution in [0.15, 0.2) is 30.3 Å². The summed E-state index contributed by atoms with van der Waals surface area (Å²) in [5.74, 6) is 0.644. The molecule has 1 aromatic rings. The van der Waals surface area contributed by atoms with E-state index in [1.165, 1.54) is 0 Å². The van der Waals surface area contributed by atoms with Gasteiger partial charge < -0.3 is 10.1 Å². The van der Waals surface area contributed by atoms with E-state index in [-0.39, 0.29) is 18.6 Å². The molecule has 3 nitrogen and oxygen atoms in total. The van der Waals surface area contributed by atoms with Gasteiger partial charge in [-0.25, -0.2) is 0 Å². The Balaban J connectivity index is 2.29. The van der Waals surface area contributed by atoms with E-state index in [1.807, 2.05) is 44.2 Å². The van der Waals surface area contributed by atoms with Crippen molar-refractivity contribution in [2.45, 2.75) is 26.3 Å². The zero-order chi connectivity index (χ0) is 11.1. The normalized spacial score (nSPS) is 11.9. The number of carbonyl (C=O) groups excluding carboxylic acids is 1. The molecule has 0 spiro atoms. The topological polar surface area (TPSA) is 38.3 Å². The van der Waals surface area contributed by atoms with E-state index in [2.05, 4.69) is 5.32 Å². The van der Waals surface area contributed by atoms with Gasteiger partial charge in [0.1, 0.15) is 5.75 Å². The molecule has 0 aromatic heterocycles.